The van der Waals surface area contributed by atoms with E-state index in [4.69, 9.17) is 5.73 Å². The number of carbonyl (C=O) groups is 1. The minimum atomic E-state index is -0.357. The fourth-order valence-electron chi connectivity index (χ4n) is 1.88. The van der Waals surface area contributed by atoms with Crippen LogP contribution in [0.2, 0.25) is 0 Å². The van der Waals surface area contributed by atoms with E-state index in [-0.39, 0.29) is 24.4 Å². The minimum absolute atomic E-state index is 0.0393. The smallest absolute Gasteiger partial charge is 0.141 e. The van der Waals surface area contributed by atoms with Gasteiger partial charge in [0.2, 0.25) is 0 Å². The summed E-state index contributed by atoms with van der Waals surface area (Å²) < 4.78 is 14.3. The van der Waals surface area contributed by atoms with Crippen molar-refractivity contribution in [3.05, 3.63) is 63.9 Å². The lowest BCUT2D eigenvalue weighted by molar-refractivity contribution is -0.117. The van der Waals surface area contributed by atoms with Crippen molar-refractivity contribution in [1.29, 1.82) is 0 Å². The van der Waals surface area contributed by atoms with Gasteiger partial charge in [-0.25, -0.2) is 4.39 Å². The molecular formula is C15H13BrFNO. The molecule has 0 aromatic heterocycles. The number of rotatable bonds is 4. The SMILES string of the molecule is Nc1cccc(CC(=O)Cc2cc(Br)ccc2F)c1. The van der Waals surface area contributed by atoms with Gasteiger partial charge in [0.05, 0.1) is 0 Å². The van der Waals surface area contributed by atoms with Crippen molar-refractivity contribution in [3.63, 3.8) is 0 Å². The third-order valence-corrected chi connectivity index (χ3v) is 3.24. The molecule has 98 valence electrons. The highest BCUT2D eigenvalue weighted by atomic mass is 79.9. The second kappa shape index (κ2) is 5.97. The number of benzene rings is 2. The zero-order chi connectivity index (χ0) is 13.8. The molecule has 4 heteroatoms. The monoisotopic (exact) mass is 321 g/mol. The molecule has 2 rings (SSSR count). The highest BCUT2D eigenvalue weighted by Gasteiger charge is 2.10. The number of nitrogens with two attached hydrogens (primary N) is 1. The maximum atomic E-state index is 13.5. The van der Waals surface area contributed by atoms with E-state index in [9.17, 15) is 9.18 Å². The van der Waals surface area contributed by atoms with Crippen LogP contribution in [0.1, 0.15) is 11.1 Å². The highest BCUT2D eigenvalue weighted by Crippen LogP contribution is 2.17. The molecule has 19 heavy (non-hydrogen) atoms. The Balaban J connectivity index is 2.07. The summed E-state index contributed by atoms with van der Waals surface area (Å²) in [6.45, 7) is 0. The van der Waals surface area contributed by atoms with Gasteiger partial charge in [-0.3, -0.25) is 4.79 Å². The average Bonchev–Trinajstić information content (AvgIpc) is 2.34. The maximum Gasteiger partial charge on any atom is 0.141 e. The number of carbonyl (C=O) groups excluding carboxylic acids is 1. The molecule has 2 aromatic rings. The number of anilines is 1. The van der Waals surface area contributed by atoms with Gasteiger partial charge in [0.1, 0.15) is 11.6 Å². The Morgan fingerprint density at radius 3 is 2.68 bits per heavy atom. The second-order valence-electron chi connectivity index (χ2n) is 4.37. The molecule has 0 bridgehead atoms. The summed E-state index contributed by atoms with van der Waals surface area (Å²) in [6, 6.07) is 11.8. The molecule has 0 aliphatic carbocycles. The first kappa shape index (κ1) is 13.7. The number of hydrogen-bond acceptors (Lipinski definition) is 2. The van der Waals surface area contributed by atoms with Gasteiger partial charge in [-0.05, 0) is 41.5 Å². The van der Waals surface area contributed by atoms with E-state index in [2.05, 4.69) is 15.9 Å². The van der Waals surface area contributed by atoms with Crippen LogP contribution in [0, 0.1) is 5.82 Å². The van der Waals surface area contributed by atoms with Gasteiger partial charge in [-0.1, -0.05) is 28.1 Å². The van der Waals surface area contributed by atoms with Crippen molar-refractivity contribution >= 4 is 27.4 Å². The van der Waals surface area contributed by atoms with Crippen LogP contribution in [0.15, 0.2) is 46.9 Å². The van der Waals surface area contributed by atoms with Crippen molar-refractivity contribution in [1.82, 2.24) is 0 Å². The number of halogens is 2. The summed E-state index contributed by atoms with van der Waals surface area (Å²) in [7, 11) is 0. The molecule has 2 nitrogen and oxygen atoms in total. The molecule has 0 saturated heterocycles. The van der Waals surface area contributed by atoms with Gasteiger partial charge in [0.15, 0.2) is 0 Å². The first-order valence-corrected chi connectivity index (χ1v) is 6.64. The molecule has 0 unspecified atom stereocenters. The molecule has 0 amide bonds. The molecule has 2 N–H and O–H groups in total. The fourth-order valence-corrected chi connectivity index (χ4v) is 2.29. The molecule has 2 aromatic carbocycles. The molecule has 0 fully saturated rings. The predicted octanol–water partition coefficient (Wildman–Crippen LogP) is 3.52. The molecule has 0 saturated carbocycles. The van der Waals surface area contributed by atoms with Crippen LogP contribution >= 0.6 is 15.9 Å². The first-order chi connectivity index (χ1) is 9.04. The number of Topliss-reactive ketones (excluding diaryl/α,β-unsaturated/α-hetero) is 1. The summed E-state index contributed by atoms with van der Waals surface area (Å²) in [5.74, 6) is -0.397. The fraction of sp³-hybridized carbons (Fsp3) is 0.133. The Morgan fingerprint density at radius 1 is 1.16 bits per heavy atom. The molecular weight excluding hydrogens is 309 g/mol. The Hall–Kier alpha value is -1.68. The summed E-state index contributed by atoms with van der Waals surface area (Å²) >= 11 is 3.27. The number of ketones is 1. The largest absolute Gasteiger partial charge is 0.399 e. The summed E-state index contributed by atoms with van der Waals surface area (Å²) in [4.78, 5) is 11.9. The van der Waals surface area contributed by atoms with Crippen LogP contribution in [0.4, 0.5) is 10.1 Å². The van der Waals surface area contributed by atoms with E-state index in [1.165, 1.54) is 6.07 Å². The van der Waals surface area contributed by atoms with Crippen molar-refractivity contribution < 1.29 is 9.18 Å². The summed E-state index contributed by atoms with van der Waals surface area (Å²) in [6.07, 6.45) is 0.344. The van der Waals surface area contributed by atoms with Crippen molar-refractivity contribution in [2.45, 2.75) is 12.8 Å². The Labute approximate surface area is 119 Å². The lowest BCUT2D eigenvalue weighted by Crippen LogP contribution is -2.08. The quantitative estimate of drug-likeness (QED) is 0.875. The number of hydrogen-bond donors (Lipinski definition) is 1. The molecule has 0 aliphatic heterocycles. The lowest BCUT2D eigenvalue weighted by Gasteiger charge is -2.05. The highest BCUT2D eigenvalue weighted by molar-refractivity contribution is 9.10. The zero-order valence-corrected chi connectivity index (χ0v) is 11.8. The van der Waals surface area contributed by atoms with E-state index in [1.54, 1.807) is 30.3 Å². The Morgan fingerprint density at radius 2 is 1.95 bits per heavy atom. The molecule has 0 heterocycles. The average molecular weight is 322 g/mol. The lowest BCUT2D eigenvalue weighted by atomic mass is 10.0. The van der Waals surface area contributed by atoms with Gasteiger partial charge < -0.3 is 5.73 Å². The second-order valence-corrected chi connectivity index (χ2v) is 5.29. The molecule has 0 aliphatic rings. The summed E-state index contributed by atoms with van der Waals surface area (Å²) in [5, 5.41) is 0. The van der Waals surface area contributed by atoms with Crippen LogP contribution in [0.3, 0.4) is 0 Å². The third-order valence-electron chi connectivity index (χ3n) is 2.75. The van der Waals surface area contributed by atoms with Gasteiger partial charge in [0.25, 0.3) is 0 Å². The van der Waals surface area contributed by atoms with Crippen LogP contribution < -0.4 is 5.73 Å². The Bertz CT molecular complexity index is 613. The molecule has 0 spiro atoms. The van der Waals surface area contributed by atoms with Crippen molar-refractivity contribution in [3.8, 4) is 0 Å². The van der Waals surface area contributed by atoms with E-state index in [1.807, 2.05) is 6.07 Å². The van der Waals surface area contributed by atoms with Crippen LogP contribution in [-0.4, -0.2) is 5.78 Å². The van der Waals surface area contributed by atoms with E-state index in [0.29, 0.717) is 11.3 Å². The normalized spacial score (nSPS) is 10.4. The predicted molar refractivity (Wildman–Crippen MR) is 77.4 cm³/mol. The molecule has 0 atom stereocenters. The van der Waals surface area contributed by atoms with Gasteiger partial charge in [0, 0.05) is 23.0 Å². The maximum absolute atomic E-state index is 13.5. The standard InChI is InChI=1S/C15H13BrFNO/c16-12-4-5-15(17)11(8-12)9-14(19)7-10-2-1-3-13(18)6-10/h1-6,8H,7,9,18H2. The summed E-state index contributed by atoms with van der Waals surface area (Å²) in [5.41, 5.74) is 7.53. The van der Waals surface area contributed by atoms with E-state index >= 15 is 0 Å². The van der Waals surface area contributed by atoms with Gasteiger partial charge >= 0.3 is 0 Å². The zero-order valence-electron chi connectivity index (χ0n) is 10.2. The third kappa shape index (κ3) is 3.89. The van der Waals surface area contributed by atoms with E-state index < -0.39 is 0 Å². The van der Waals surface area contributed by atoms with Gasteiger partial charge in [-0.2, -0.15) is 0 Å². The first-order valence-electron chi connectivity index (χ1n) is 5.84. The topological polar surface area (TPSA) is 43.1 Å². The number of nitrogen functional groups attached to an aromatic ring is 1. The van der Waals surface area contributed by atoms with E-state index in [0.717, 1.165) is 10.0 Å². The van der Waals surface area contributed by atoms with Crippen LogP contribution in [0.25, 0.3) is 0 Å². The van der Waals surface area contributed by atoms with Crippen LogP contribution in [0.5, 0.6) is 0 Å². The minimum Gasteiger partial charge on any atom is -0.399 e. The van der Waals surface area contributed by atoms with Gasteiger partial charge in [-0.15, -0.1) is 0 Å². The molecule has 0 radical (unpaired) electrons. The van der Waals surface area contributed by atoms with Crippen molar-refractivity contribution in [2.24, 2.45) is 0 Å². The van der Waals surface area contributed by atoms with Crippen molar-refractivity contribution in [2.75, 3.05) is 5.73 Å². The Kier molecular flexibility index (Phi) is 4.32. The van der Waals surface area contributed by atoms with Crippen LogP contribution in [-0.2, 0) is 17.6 Å².